The number of amides is 1. The molecule has 2 atom stereocenters. The Hall–Kier alpha value is -4.07. The number of sulfone groups is 1. The van der Waals surface area contributed by atoms with Crippen molar-refractivity contribution in [2.45, 2.75) is 35.7 Å². The van der Waals surface area contributed by atoms with E-state index in [2.05, 4.69) is 37.6 Å². The number of carbonyl (C=O) groups excluding carboxylic acids is 1. The van der Waals surface area contributed by atoms with E-state index in [0.29, 0.717) is 34.8 Å². The van der Waals surface area contributed by atoms with Gasteiger partial charge in [-0.25, -0.2) is 17.2 Å². The Morgan fingerprint density at radius 3 is 2.35 bits per heavy atom. The first kappa shape index (κ1) is 31.9. The molecule has 4 rings (SSSR count). The molecule has 2 unspecified atom stereocenters. The number of H-pyrrole nitrogens is 1. The smallest absolute Gasteiger partial charge is 0.258 e. The number of ether oxygens (including phenoxy) is 1. The molecule has 0 saturated carbocycles. The van der Waals surface area contributed by atoms with Crippen LogP contribution in [0.3, 0.4) is 0 Å². The van der Waals surface area contributed by atoms with E-state index in [1.165, 1.54) is 18.2 Å². The molecule has 43 heavy (non-hydrogen) atoms. The van der Waals surface area contributed by atoms with E-state index < -0.39 is 32.3 Å². The molecular formula is C30H36F2N6O4S. The number of hydrogen-bond acceptors (Lipinski definition) is 8. The predicted molar refractivity (Wildman–Crippen MR) is 164 cm³/mol. The molecule has 0 aliphatic rings. The highest BCUT2D eigenvalue weighted by Crippen LogP contribution is 2.30. The Bertz CT molecular complexity index is 1710. The van der Waals surface area contributed by atoms with Gasteiger partial charge in [-0.05, 0) is 76.5 Å². The molecule has 1 heterocycles. The van der Waals surface area contributed by atoms with Crippen molar-refractivity contribution < 1.29 is 26.7 Å². The minimum atomic E-state index is -4.27. The summed E-state index contributed by atoms with van der Waals surface area (Å²) in [6.45, 7) is 5.29. The lowest BCUT2D eigenvalue weighted by molar-refractivity contribution is 0.102. The second kappa shape index (κ2) is 13.1. The van der Waals surface area contributed by atoms with Crippen molar-refractivity contribution in [2.24, 2.45) is 0 Å². The lowest BCUT2D eigenvalue weighted by atomic mass is 10.1. The van der Waals surface area contributed by atoms with E-state index in [0.717, 1.165) is 24.4 Å². The SMILES string of the molecule is COCC(C)Nc1cc(N(C)C(C)CN(C)C)ccc1C(=O)Nc1n[nH]c2ccc(S(=O)(=O)c3cc(F)cc(F)c3)cc12. The molecule has 1 aromatic heterocycles. The summed E-state index contributed by atoms with van der Waals surface area (Å²) in [6, 6.07) is 11.7. The Labute approximate surface area is 249 Å². The van der Waals surface area contributed by atoms with Crippen molar-refractivity contribution >= 4 is 43.8 Å². The third-order valence-electron chi connectivity index (χ3n) is 6.99. The summed E-state index contributed by atoms with van der Waals surface area (Å²) in [6.07, 6.45) is 0. The van der Waals surface area contributed by atoms with Gasteiger partial charge in [-0.15, -0.1) is 0 Å². The molecule has 0 spiro atoms. The summed E-state index contributed by atoms with van der Waals surface area (Å²) >= 11 is 0. The van der Waals surface area contributed by atoms with Gasteiger partial charge in [0.05, 0.1) is 27.5 Å². The van der Waals surface area contributed by atoms with E-state index >= 15 is 0 Å². The molecule has 0 saturated heterocycles. The zero-order valence-corrected chi connectivity index (χ0v) is 25.7. The van der Waals surface area contributed by atoms with E-state index in [1.807, 2.05) is 40.2 Å². The van der Waals surface area contributed by atoms with Crippen LogP contribution in [0, 0.1) is 11.6 Å². The number of anilines is 3. The average molecular weight is 615 g/mol. The zero-order chi connectivity index (χ0) is 31.5. The van der Waals surface area contributed by atoms with Gasteiger partial charge in [0.25, 0.3) is 5.91 Å². The molecule has 0 radical (unpaired) electrons. The third kappa shape index (κ3) is 7.29. The van der Waals surface area contributed by atoms with Crippen LogP contribution in [0.25, 0.3) is 10.9 Å². The van der Waals surface area contributed by atoms with Crippen molar-refractivity contribution in [3.8, 4) is 0 Å². The normalized spacial score (nSPS) is 13.2. The van der Waals surface area contributed by atoms with Crippen LogP contribution in [0.4, 0.5) is 26.0 Å². The fourth-order valence-electron chi connectivity index (χ4n) is 4.78. The monoisotopic (exact) mass is 614 g/mol. The Balaban J connectivity index is 1.67. The minimum absolute atomic E-state index is 0.0964. The summed E-state index contributed by atoms with van der Waals surface area (Å²) in [5, 5.41) is 13.4. The van der Waals surface area contributed by atoms with Crippen LogP contribution in [-0.2, 0) is 14.6 Å². The summed E-state index contributed by atoms with van der Waals surface area (Å²) in [4.78, 5) is 17.1. The first-order chi connectivity index (χ1) is 20.3. The Morgan fingerprint density at radius 2 is 1.70 bits per heavy atom. The summed E-state index contributed by atoms with van der Waals surface area (Å²) in [7, 11) is 3.34. The van der Waals surface area contributed by atoms with Crippen LogP contribution in [0.5, 0.6) is 0 Å². The quantitative estimate of drug-likeness (QED) is 0.209. The average Bonchev–Trinajstić information content (AvgIpc) is 3.33. The standard InChI is InChI=1S/C30H36F2N6O4S/c1-18(17-42-6)33-28-14-22(38(5)19(2)16-37(3)4)7-9-25(28)30(39)34-29-26-15-23(8-10-27(26)35-36-29)43(40,41)24-12-20(31)11-21(32)13-24/h7-15,18-19,33H,16-17H2,1-6H3,(H2,34,35,36,39). The lowest BCUT2D eigenvalue weighted by Gasteiger charge is -2.30. The van der Waals surface area contributed by atoms with Crippen molar-refractivity contribution in [3.05, 3.63) is 71.8 Å². The number of rotatable bonds is 12. The molecule has 230 valence electrons. The number of methoxy groups -OCH3 is 1. The van der Waals surface area contributed by atoms with E-state index in [9.17, 15) is 22.0 Å². The number of likely N-dealkylation sites (N-methyl/N-ethyl adjacent to an activating group) is 2. The van der Waals surface area contributed by atoms with Gasteiger partial charge in [0.15, 0.2) is 5.82 Å². The minimum Gasteiger partial charge on any atom is -0.383 e. The molecule has 0 aliphatic heterocycles. The first-order valence-electron chi connectivity index (χ1n) is 13.6. The maximum absolute atomic E-state index is 13.8. The van der Waals surface area contributed by atoms with Gasteiger partial charge in [0.1, 0.15) is 11.6 Å². The number of nitrogens with one attached hydrogen (secondary N) is 3. The number of benzene rings is 3. The molecule has 13 heteroatoms. The number of hydrogen-bond donors (Lipinski definition) is 3. The molecule has 0 fully saturated rings. The molecule has 3 aromatic carbocycles. The molecule has 0 bridgehead atoms. The van der Waals surface area contributed by atoms with Gasteiger partial charge < -0.3 is 25.2 Å². The van der Waals surface area contributed by atoms with Gasteiger partial charge >= 0.3 is 0 Å². The molecule has 1 amide bonds. The molecule has 10 nitrogen and oxygen atoms in total. The zero-order valence-electron chi connectivity index (χ0n) is 24.9. The second-order valence-electron chi connectivity index (χ2n) is 10.8. The summed E-state index contributed by atoms with van der Waals surface area (Å²) in [5.41, 5.74) is 2.29. The summed E-state index contributed by atoms with van der Waals surface area (Å²) < 4.78 is 59.2. The molecule has 3 N–H and O–H groups in total. The summed E-state index contributed by atoms with van der Waals surface area (Å²) in [5.74, 6) is -2.40. The van der Waals surface area contributed by atoms with Gasteiger partial charge in [-0.2, -0.15) is 5.10 Å². The van der Waals surface area contributed by atoms with Crippen LogP contribution in [0.15, 0.2) is 64.4 Å². The second-order valence-corrected chi connectivity index (χ2v) is 12.7. The van der Waals surface area contributed by atoms with Gasteiger partial charge in [0, 0.05) is 55.6 Å². The largest absolute Gasteiger partial charge is 0.383 e. The number of fused-ring (bicyclic) bond motifs is 1. The maximum atomic E-state index is 13.8. The van der Waals surface area contributed by atoms with Crippen molar-refractivity contribution in [1.82, 2.24) is 15.1 Å². The molecule has 0 aliphatic carbocycles. The molecular weight excluding hydrogens is 578 g/mol. The van der Waals surface area contributed by atoms with Crippen molar-refractivity contribution in [2.75, 3.05) is 56.9 Å². The number of carbonyl (C=O) groups is 1. The highest BCUT2D eigenvalue weighted by atomic mass is 32.2. The van der Waals surface area contributed by atoms with Crippen LogP contribution < -0.4 is 15.5 Å². The number of aromatic amines is 1. The fraction of sp³-hybridized carbons (Fsp3) is 0.333. The molecule has 4 aromatic rings. The first-order valence-corrected chi connectivity index (χ1v) is 15.1. The van der Waals surface area contributed by atoms with Crippen LogP contribution in [0.1, 0.15) is 24.2 Å². The number of aromatic nitrogens is 2. The number of halogens is 2. The lowest BCUT2D eigenvalue weighted by Crippen LogP contribution is -2.37. The van der Waals surface area contributed by atoms with Crippen molar-refractivity contribution in [1.29, 1.82) is 0 Å². The van der Waals surface area contributed by atoms with E-state index in [1.54, 1.807) is 13.2 Å². The predicted octanol–water partition coefficient (Wildman–Crippen LogP) is 4.76. The van der Waals surface area contributed by atoms with E-state index in [4.69, 9.17) is 4.74 Å². The Morgan fingerprint density at radius 1 is 1.00 bits per heavy atom. The fourth-order valence-corrected chi connectivity index (χ4v) is 6.11. The highest BCUT2D eigenvalue weighted by molar-refractivity contribution is 7.91. The third-order valence-corrected chi connectivity index (χ3v) is 8.72. The maximum Gasteiger partial charge on any atom is 0.258 e. The van der Waals surface area contributed by atoms with Crippen LogP contribution >= 0.6 is 0 Å². The highest BCUT2D eigenvalue weighted by Gasteiger charge is 2.23. The number of nitrogens with zero attached hydrogens (tertiary/aromatic N) is 3. The van der Waals surface area contributed by atoms with Gasteiger partial charge in [0.2, 0.25) is 9.84 Å². The van der Waals surface area contributed by atoms with Crippen molar-refractivity contribution in [3.63, 3.8) is 0 Å². The van der Waals surface area contributed by atoms with Crippen LogP contribution in [-0.4, -0.2) is 82.9 Å². The topological polar surface area (TPSA) is 120 Å². The van der Waals surface area contributed by atoms with Gasteiger partial charge in [-0.3, -0.25) is 9.89 Å². The Kier molecular flexibility index (Phi) is 9.68. The van der Waals surface area contributed by atoms with Gasteiger partial charge in [-0.1, -0.05) is 0 Å². The van der Waals surface area contributed by atoms with Crippen LogP contribution in [0.2, 0.25) is 0 Å². The van der Waals surface area contributed by atoms with E-state index in [-0.39, 0.29) is 22.8 Å².